The van der Waals surface area contributed by atoms with Gasteiger partial charge in [-0.2, -0.15) is 18.3 Å². The first-order valence-corrected chi connectivity index (χ1v) is 7.21. The normalized spacial score (nSPS) is 16.2. The Bertz CT molecular complexity index is 722. The van der Waals surface area contributed by atoms with E-state index in [1.807, 2.05) is 18.1 Å². The van der Waals surface area contributed by atoms with E-state index < -0.39 is 17.8 Å². The van der Waals surface area contributed by atoms with Crippen LogP contribution in [0.15, 0.2) is 24.4 Å². The van der Waals surface area contributed by atoms with Gasteiger partial charge < -0.3 is 5.32 Å². The van der Waals surface area contributed by atoms with Crippen LogP contribution in [0.2, 0.25) is 0 Å². The Labute approximate surface area is 130 Å². The average Bonchev–Trinajstić information content (AvgIpc) is 3.19. The van der Waals surface area contributed by atoms with Crippen LogP contribution in [0.5, 0.6) is 0 Å². The second-order valence-electron chi connectivity index (χ2n) is 5.66. The molecule has 1 amide bonds. The Morgan fingerprint density at radius 3 is 2.74 bits per heavy atom. The molecule has 1 aliphatic carbocycles. The lowest BCUT2D eigenvalue weighted by molar-refractivity contribution is -0.141. The molecule has 2 N–H and O–H groups in total. The minimum absolute atomic E-state index is 0.258. The van der Waals surface area contributed by atoms with Gasteiger partial charge in [0.15, 0.2) is 5.69 Å². The zero-order chi connectivity index (χ0) is 16.6. The maximum Gasteiger partial charge on any atom is 0.432 e. The van der Waals surface area contributed by atoms with Gasteiger partial charge in [-0.15, -0.1) is 0 Å². The van der Waals surface area contributed by atoms with Crippen molar-refractivity contribution in [3.8, 4) is 0 Å². The number of pyridine rings is 1. The summed E-state index contributed by atoms with van der Waals surface area (Å²) in [5.74, 6) is -0.382. The Balaban J connectivity index is 1.80. The number of nitrogens with one attached hydrogen (secondary N) is 2. The third-order valence-corrected chi connectivity index (χ3v) is 3.84. The highest BCUT2D eigenvalue weighted by Crippen LogP contribution is 2.41. The molecule has 1 saturated carbocycles. The number of carbonyl (C=O) groups is 1. The summed E-state index contributed by atoms with van der Waals surface area (Å²) < 4.78 is 37.7. The summed E-state index contributed by atoms with van der Waals surface area (Å²) in [5, 5.41) is 8.06. The van der Waals surface area contributed by atoms with Crippen LogP contribution in [0.25, 0.3) is 0 Å². The summed E-state index contributed by atoms with van der Waals surface area (Å²) in [6, 6.07) is 4.09. The van der Waals surface area contributed by atoms with E-state index in [0.717, 1.165) is 24.1 Å². The standard InChI is InChI=1S/C15H15F3N4O/c1-8-3-2-6-19-12(8)13(9-4-5-9)20-14(23)10-7-11(22-21-10)15(16,17)18/h2-3,6-7,9,13H,4-5H2,1H3,(H,20,23)(H,21,22)/t13-/m0/s1. The highest BCUT2D eigenvalue weighted by atomic mass is 19.4. The zero-order valence-corrected chi connectivity index (χ0v) is 12.3. The summed E-state index contributed by atoms with van der Waals surface area (Å²) in [5.41, 5.74) is 0.355. The maximum absolute atomic E-state index is 12.6. The fourth-order valence-electron chi connectivity index (χ4n) is 2.46. The molecule has 0 bridgehead atoms. The van der Waals surface area contributed by atoms with Crippen LogP contribution in [0, 0.1) is 12.8 Å². The van der Waals surface area contributed by atoms with Crippen molar-refractivity contribution in [1.29, 1.82) is 0 Å². The van der Waals surface area contributed by atoms with Gasteiger partial charge in [0.05, 0.1) is 11.7 Å². The molecular weight excluding hydrogens is 309 g/mol. The molecule has 8 heteroatoms. The van der Waals surface area contributed by atoms with Crippen LogP contribution >= 0.6 is 0 Å². The number of H-pyrrole nitrogens is 1. The minimum Gasteiger partial charge on any atom is -0.342 e. The van der Waals surface area contributed by atoms with E-state index in [1.54, 1.807) is 12.3 Å². The monoisotopic (exact) mass is 324 g/mol. The predicted octanol–water partition coefficient (Wildman–Crippen LogP) is 3.01. The molecular formula is C15H15F3N4O. The van der Waals surface area contributed by atoms with Crippen molar-refractivity contribution in [2.24, 2.45) is 5.92 Å². The second kappa shape index (κ2) is 5.68. The third-order valence-electron chi connectivity index (χ3n) is 3.84. The Hall–Kier alpha value is -2.38. The topological polar surface area (TPSA) is 70.7 Å². The fraction of sp³-hybridized carbons (Fsp3) is 0.400. The van der Waals surface area contributed by atoms with Crippen molar-refractivity contribution in [2.75, 3.05) is 0 Å². The number of carbonyl (C=O) groups excluding carboxylic acids is 1. The number of rotatable bonds is 4. The number of halogens is 3. The molecule has 122 valence electrons. The van der Waals surface area contributed by atoms with E-state index in [9.17, 15) is 18.0 Å². The van der Waals surface area contributed by atoms with Crippen LogP contribution in [0.1, 0.15) is 46.3 Å². The first kappa shape index (κ1) is 15.5. The molecule has 0 radical (unpaired) electrons. The van der Waals surface area contributed by atoms with Crippen LogP contribution in [-0.2, 0) is 6.18 Å². The van der Waals surface area contributed by atoms with Gasteiger partial charge in [0.2, 0.25) is 0 Å². The second-order valence-corrected chi connectivity index (χ2v) is 5.66. The van der Waals surface area contributed by atoms with Crippen LogP contribution < -0.4 is 5.32 Å². The molecule has 0 spiro atoms. The number of alkyl halides is 3. The van der Waals surface area contributed by atoms with E-state index in [0.29, 0.717) is 6.07 Å². The molecule has 23 heavy (non-hydrogen) atoms. The molecule has 0 unspecified atom stereocenters. The van der Waals surface area contributed by atoms with Gasteiger partial charge in [0, 0.05) is 12.3 Å². The van der Waals surface area contributed by atoms with Crippen molar-refractivity contribution in [2.45, 2.75) is 32.0 Å². The quantitative estimate of drug-likeness (QED) is 0.908. The summed E-state index contributed by atoms with van der Waals surface area (Å²) in [6.07, 6.45) is -1.01. The summed E-state index contributed by atoms with van der Waals surface area (Å²) in [4.78, 5) is 16.5. The van der Waals surface area contributed by atoms with Gasteiger partial charge >= 0.3 is 6.18 Å². The maximum atomic E-state index is 12.6. The predicted molar refractivity (Wildman–Crippen MR) is 75.5 cm³/mol. The van der Waals surface area contributed by atoms with Crippen LogP contribution in [-0.4, -0.2) is 21.1 Å². The molecule has 2 heterocycles. The van der Waals surface area contributed by atoms with Gasteiger partial charge in [-0.25, -0.2) is 0 Å². The third kappa shape index (κ3) is 3.35. The number of aryl methyl sites for hydroxylation is 1. The number of hydrogen-bond donors (Lipinski definition) is 2. The molecule has 0 saturated heterocycles. The largest absolute Gasteiger partial charge is 0.432 e. The molecule has 0 aromatic carbocycles. The highest BCUT2D eigenvalue weighted by Gasteiger charge is 2.37. The van der Waals surface area contributed by atoms with E-state index in [4.69, 9.17) is 0 Å². The van der Waals surface area contributed by atoms with Gasteiger partial charge in [-0.1, -0.05) is 6.07 Å². The molecule has 3 rings (SSSR count). The van der Waals surface area contributed by atoms with Crippen molar-refractivity contribution >= 4 is 5.91 Å². The molecule has 1 aliphatic rings. The smallest absolute Gasteiger partial charge is 0.342 e. The van der Waals surface area contributed by atoms with Crippen LogP contribution in [0.4, 0.5) is 13.2 Å². The molecule has 0 aliphatic heterocycles. The van der Waals surface area contributed by atoms with Crippen molar-refractivity contribution in [3.05, 3.63) is 47.0 Å². The van der Waals surface area contributed by atoms with Crippen molar-refractivity contribution in [1.82, 2.24) is 20.5 Å². The highest BCUT2D eigenvalue weighted by molar-refractivity contribution is 5.92. The summed E-state index contributed by atoms with van der Waals surface area (Å²) >= 11 is 0. The number of amides is 1. The van der Waals surface area contributed by atoms with Crippen LogP contribution in [0.3, 0.4) is 0 Å². The molecule has 1 fully saturated rings. The zero-order valence-electron chi connectivity index (χ0n) is 12.3. The fourth-order valence-corrected chi connectivity index (χ4v) is 2.46. The Morgan fingerprint density at radius 2 is 2.17 bits per heavy atom. The molecule has 5 nitrogen and oxygen atoms in total. The lowest BCUT2D eigenvalue weighted by Gasteiger charge is -2.18. The number of aromatic amines is 1. The number of nitrogens with zero attached hydrogens (tertiary/aromatic N) is 2. The first-order valence-electron chi connectivity index (χ1n) is 7.21. The lowest BCUT2D eigenvalue weighted by atomic mass is 10.0. The summed E-state index contributed by atoms with van der Waals surface area (Å²) in [7, 11) is 0. The lowest BCUT2D eigenvalue weighted by Crippen LogP contribution is -2.31. The average molecular weight is 324 g/mol. The van der Waals surface area contributed by atoms with Crippen molar-refractivity contribution in [3.63, 3.8) is 0 Å². The minimum atomic E-state index is -4.56. The van der Waals surface area contributed by atoms with E-state index in [1.165, 1.54) is 0 Å². The molecule has 2 aromatic heterocycles. The Morgan fingerprint density at radius 1 is 1.43 bits per heavy atom. The van der Waals surface area contributed by atoms with E-state index in [2.05, 4.69) is 15.4 Å². The van der Waals surface area contributed by atoms with Gasteiger partial charge in [-0.3, -0.25) is 14.9 Å². The molecule has 1 atom stereocenters. The Kier molecular flexibility index (Phi) is 3.83. The van der Waals surface area contributed by atoms with Gasteiger partial charge in [0.1, 0.15) is 5.69 Å². The van der Waals surface area contributed by atoms with E-state index >= 15 is 0 Å². The number of aromatic nitrogens is 3. The van der Waals surface area contributed by atoms with Gasteiger partial charge in [0.25, 0.3) is 5.91 Å². The summed E-state index contributed by atoms with van der Waals surface area (Å²) in [6.45, 7) is 1.89. The number of hydrogen-bond acceptors (Lipinski definition) is 3. The van der Waals surface area contributed by atoms with Crippen molar-refractivity contribution < 1.29 is 18.0 Å². The van der Waals surface area contributed by atoms with E-state index in [-0.39, 0.29) is 17.7 Å². The molecule has 2 aromatic rings. The SMILES string of the molecule is Cc1cccnc1[C@@H](NC(=O)c1cc(C(F)(F)F)[nH]n1)C1CC1. The van der Waals surface area contributed by atoms with Gasteiger partial charge in [-0.05, 0) is 37.3 Å². The first-order chi connectivity index (χ1) is 10.9.